The van der Waals surface area contributed by atoms with Crippen LogP contribution in [0.2, 0.25) is 0 Å². The number of hydrogen-bond donors (Lipinski definition) is 1. The third kappa shape index (κ3) is 18.0. The van der Waals surface area contributed by atoms with Crippen LogP contribution in [0.5, 0.6) is 0 Å². The van der Waals surface area contributed by atoms with Crippen LogP contribution in [0.25, 0.3) is 0 Å². The van der Waals surface area contributed by atoms with E-state index in [1.807, 2.05) is 6.92 Å². The van der Waals surface area contributed by atoms with E-state index in [0.29, 0.717) is 12.8 Å². The molecule has 4 nitrogen and oxygen atoms in total. The molecule has 0 aromatic heterocycles. The van der Waals surface area contributed by atoms with Crippen molar-refractivity contribution < 1.29 is 47.6 Å². The first-order valence-corrected chi connectivity index (χ1v) is 11.5. The van der Waals surface area contributed by atoms with Gasteiger partial charge in [-0.1, -0.05) is 84.5 Å². The Balaban J connectivity index is 0. The average molecular weight is 387 g/mol. The summed E-state index contributed by atoms with van der Waals surface area (Å²) in [6, 6.07) is 0. The molecule has 0 amide bonds. The van der Waals surface area contributed by atoms with Gasteiger partial charge in [-0.2, -0.15) is 0 Å². The number of aliphatic hydroxyl groups is 1. The molecule has 0 aliphatic rings. The molecule has 0 saturated carbocycles. The summed E-state index contributed by atoms with van der Waals surface area (Å²) in [5, 5.41) is 9.23. The van der Waals surface area contributed by atoms with E-state index < -0.39 is 15.4 Å². The molecule has 2 unspecified atom stereocenters. The maximum absolute atomic E-state index is 11.1. The van der Waals surface area contributed by atoms with E-state index in [2.05, 4.69) is 6.92 Å². The normalized spacial score (nSPS) is 14.1. The summed E-state index contributed by atoms with van der Waals surface area (Å²) in [5.74, 6) is 0. The second-order valence-electron chi connectivity index (χ2n) is 7.11. The number of rotatable bonds is 17. The summed E-state index contributed by atoms with van der Waals surface area (Å²) in [7, 11) is -4.13. The maximum atomic E-state index is 11.1. The molecule has 0 heterocycles. The Morgan fingerprint density at radius 2 is 1.16 bits per heavy atom. The SMILES string of the molecule is CCCCCCCC(O)CCCCCCCC(CCC)S(=O)(=O)[O-].[Na+]. The first-order chi connectivity index (χ1) is 11.4. The molecule has 0 rings (SSSR count). The van der Waals surface area contributed by atoms with Gasteiger partial charge in [-0.15, -0.1) is 0 Å². The summed E-state index contributed by atoms with van der Waals surface area (Å²) >= 11 is 0. The summed E-state index contributed by atoms with van der Waals surface area (Å²) in [6.07, 6.45) is 14.5. The summed E-state index contributed by atoms with van der Waals surface area (Å²) in [4.78, 5) is 0. The Morgan fingerprint density at radius 1 is 0.720 bits per heavy atom. The van der Waals surface area contributed by atoms with Crippen molar-refractivity contribution in [1.82, 2.24) is 0 Å². The average Bonchev–Trinajstić information content (AvgIpc) is 2.51. The minimum Gasteiger partial charge on any atom is -0.748 e. The van der Waals surface area contributed by atoms with Crippen molar-refractivity contribution in [2.24, 2.45) is 0 Å². The number of unbranched alkanes of at least 4 members (excludes halogenated alkanes) is 8. The molecule has 0 aliphatic heterocycles. The van der Waals surface area contributed by atoms with Gasteiger partial charge in [0.2, 0.25) is 0 Å². The fourth-order valence-electron chi connectivity index (χ4n) is 3.17. The van der Waals surface area contributed by atoms with Crippen molar-refractivity contribution >= 4 is 10.1 Å². The van der Waals surface area contributed by atoms with Crippen LogP contribution in [-0.4, -0.2) is 29.4 Å². The molecule has 0 bridgehead atoms. The first kappa shape index (κ1) is 28.1. The van der Waals surface area contributed by atoms with Crippen LogP contribution in [0.1, 0.15) is 110 Å². The quantitative estimate of drug-likeness (QED) is 0.236. The van der Waals surface area contributed by atoms with Crippen molar-refractivity contribution in [1.29, 1.82) is 0 Å². The van der Waals surface area contributed by atoms with Crippen LogP contribution >= 0.6 is 0 Å². The molecule has 2 atom stereocenters. The van der Waals surface area contributed by atoms with Gasteiger partial charge in [-0.3, -0.25) is 0 Å². The van der Waals surface area contributed by atoms with Gasteiger partial charge in [-0.25, -0.2) is 8.42 Å². The monoisotopic (exact) mass is 386 g/mol. The van der Waals surface area contributed by atoms with Crippen molar-refractivity contribution in [3.63, 3.8) is 0 Å². The molecule has 0 fully saturated rings. The predicted molar refractivity (Wildman–Crippen MR) is 100 cm³/mol. The van der Waals surface area contributed by atoms with Crippen molar-refractivity contribution in [3.05, 3.63) is 0 Å². The van der Waals surface area contributed by atoms with Crippen molar-refractivity contribution in [2.75, 3.05) is 0 Å². The van der Waals surface area contributed by atoms with Crippen LogP contribution < -0.4 is 29.6 Å². The molecule has 146 valence electrons. The zero-order valence-corrected chi connectivity index (χ0v) is 19.7. The molecular weight excluding hydrogens is 347 g/mol. The largest absolute Gasteiger partial charge is 1.00 e. The molecule has 0 aliphatic carbocycles. The molecule has 0 aromatic carbocycles. The fourth-order valence-corrected chi connectivity index (χ4v) is 4.14. The van der Waals surface area contributed by atoms with Crippen molar-refractivity contribution in [2.45, 2.75) is 122 Å². The predicted octanol–water partition coefficient (Wildman–Crippen LogP) is 2.16. The first-order valence-electron chi connectivity index (χ1n) is 10.0. The van der Waals surface area contributed by atoms with E-state index >= 15 is 0 Å². The standard InChI is InChI=1S/C19H40O4S.Na/c1-3-5-6-8-11-15-18(20)16-12-9-7-10-13-17-19(14-4-2)24(21,22)23;/h18-20H,3-17H2,1-2H3,(H,21,22,23);/q;+1/p-1. The molecule has 0 saturated heterocycles. The third-order valence-electron chi connectivity index (χ3n) is 4.72. The Kier molecular flexibility index (Phi) is 20.5. The minimum absolute atomic E-state index is 0. The van der Waals surface area contributed by atoms with Gasteiger partial charge in [0, 0.05) is 5.25 Å². The van der Waals surface area contributed by atoms with Crippen LogP contribution in [-0.2, 0) is 10.1 Å². The zero-order valence-electron chi connectivity index (χ0n) is 16.8. The zero-order chi connectivity index (χ0) is 18.3. The summed E-state index contributed by atoms with van der Waals surface area (Å²) in [6.45, 7) is 4.12. The Bertz CT molecular complexity index is 374. The van der Waals surface area contributed by atoms with Crippen LogP contribution in [0.15, 0.2) is 0 Å². The summed E-state index contributed by atoms with van der Waals surface area (Å²) < 4.78 is 33.4. The van der Waals surface area contributed by atoms with Gasteiger partial charge in [-0.05, 0) is 25.7 Å². The molecule has 0 radical (unpaired) electrons. The van der Waals surface area contributed by atoms with E-state index in [-0.39, 0.29) is 35.7 Å². The van der Waals surface area contributed by atoms with E-state index in [1.54, 1.807) is 0 Å². The van der Waals surface area contributed by atoms with Crippen LogP contribution in [0.4, 0.5) is 0 Å². The van der Waals surface area contributed by atoms with Gasteiger partial charge in [0.25, 0.3) is 0 Å². The fraction of sp³-hybridized carbons (Fsp3) is 1.00. The van der Waals surface area contributed by atoms with E-state index in [0.717, 1.165) is 57.8 Å². The topological polar surface area (TPSA) is 77.4 Å². The third-order valence-corrected chi connectivity index (χ3v) is 6.01. The second kappa shape index (κ2) is 18.2. The van der Waals surface area contributed by atoms with Crippen LogP contribution in [0, 0.1) is 0 Å². The van der Waals surface area contributed by atoms with Gasteiger partial charge in [0.1, 0.15) is 0 Å². The molecule has 1 N–H and O–H groups in total. The van der Waals surface area contributed by atoms with Gasteiger partial charge in [0.05, 0.1) is 16.2 Å². The van der Waals surface area contributed by atoms with Crippen LogP contribution in [0.3, 0.4) is 0 Å². The maximum Gasteiger partial charge on any atom is 1.00 e. The summed E-state index contributed by atoms with van der Waals surface area (Å²) in [5.41, 5.74) is 0. The number of hydrogen-bond acceptors (Lipinski definition) is 4. The van der Waals surface area contributed by atoms with E-state index in [4.69, 9.17) is 0 Å². The Hall–Kier alpha value is 0.870. The minimum atomic E-state index is -4.13. The smallest absolute Gasteiger partial charge is 0.748 e. The molecule has 0 aromatic rings. The van der Waals surface area contributed by atoms with E-state index in [1.165, 1.54) is 25.7 Å². The second-order valence-corrected chi connectivity index (χ2v) is 8.76. The van der Waals surface area contributed by atoms with Gasteiger partial charge in [0.15, 0.2) is 0 Å². The molecular formula is C19H39NaO4S. The Morgan fingerprint density at radius 3 is 1.60 bits per heavy atom. The van der Waals surface area contributed by atoms with Gasteiger partial charge < -0.3 is 9.66 Å². The van der Waals surface area contributed by atoms with E-state index in [9.17, 15) is 18.1 Å². The van der Waals surface area contributed by atoms with Gasteiger partial charge >= 0.3 is 29.6 Å². The molecule has 25 heavy (non-hydrogen) atoms. The molecule has 0 spiro atoms. The molecule has 6 heteroatoms. The van der Waals surface area contributed by atoms with Crippen molar-refractivity contribution in [3.8, 4) is 0 Å². The Labute approximate surface area is 178 Å². The number of aliphatic hydroxyl groups excluding tert-OH is 1.